The van der Waals surface area contributed by atoms with Crippen LogP contribution in [0.3, 0.4) is 0 Å². The summed E-state index contributed by atoms with van der Waals surface area (Å²) in [4.78, 5) is 6.72. The van der Waals surface area contributed by atoms with Crippen LogP contribution in [0.5, 0.6) is 0 Å². The van der Waals surface area contributed by atoms with Crippen LogP contribution >= 0.6 is 0 Å². The number of nitrogens with zero attached hydrogens (tertiary/aromatic N) is 3. The van der Waals surface area contributed by atoms with Crippen molar-refractivity contribution < 1.29 is 37.3 Å². The Morgan fingerprint density at radius 1 is 1.20 bits per heavy atom. The summed E-state index contributed by atoms with van der Waals surface area (Å²) < 4.78 is 2.29. The van der Waals surface area contributed by atoms with Gasteiger partial charge in [-0.3, -0.25) is 4.58 Å². The molecule has 1 aliphatic heterocycles. The molecule has 0 aromatic heterocycles. The Labute approximate surface area is 176 Å². The fraction of sp³-hybridized carbons (Fsp3) is 0.333. The number of anilines is 1. The molecule has 4 heteroatoms. The van der Waals surface area contributed by atoms with Crippen molar-refractivity contribution >= 4 is 22.8 Å². The maximum Gasteiger partial charge on any atom is 0.164 e. The first kappa shape index (κ1) is 20.0. The molecule has 0 saturated carbocycles. The average Bonchev–Trinajstić information content (AvgIpc) is 2.53. The third-order valence-corrected chi connectivity index (χ3v) is 4.67. The summed E-state index contributed by atoms with van der Waals surface area (Å²) in [7, 11) is 6.16. The van der Waals surface area contributed by atoms with Crippen LogP contribution in [0.2, 0.25) is 0 Å². The molecule has 1 aromatic rings. The van der Waals surface area contributed by atoms with Crippen molar-refractivity contribution in [2.75, 3.05) is 26.0 Å². The predicted molar refractivity (Wildman–Crippen MR) is 102 cm³/mol. The molecule has 25 heavy (non-hydrogen) atoms. The molecule has 127 valence electrons. The number of rotatable bonds is 2. The molecule has 1 radical (unpaired) electrons. The Bertz CT molecular complexity index is 819. The molecule has 3 rings (SSSR count). The van der Waals surface area contributed by atoms with Gasteiger partial charge in [0.15, 0.2) is 5.54 Å². The van der Waals surface area contributed by atoms with Crippen LogP contribution in [0, 0.1) is 12.1 Å². The molecule has 2 aliphatic rings. The first-order valence-electron chi connectivity index (χ1n) is 8.18. The second-order valence-electron chi connectivity index (χ2n) is 7.10. The zero-order valence-corrected chi connectivity index (χ0v) is 18.7. The Kier molecular flexibility index (Phi) is 6.01. The van der Waals surface area contributed by atoms with Gasteiger partial charge < -0.3 is 9.89 Å². The molecule has 3 nitrogen and oxygen atoms in total. The van der Waals surface area contributed by atoms with E-state index in [4.69, 9.17) is 0 Å². The van der Waals surface area contributed by atoms with Crippen LogP contribution in [0.1, 0.15) is 20.8 Å². The molecule has 1 heterocycles. The summed E-state index contributed by atoms with van der Waals surface area (Å²) in [6.07, 6.45) is 9.76. The van der Waals surface area contributed by atoms with Crippen molar-refractivity contribution in [2.24, 2.45) is 4.99 Å². The second-order valence-corrected chi connectivity index (χ2v) is 7.10. The van der Waals surface area contributed by atoms with E-state index in [0.29, 0.717) is 0 Å². The summed E-state index contributed by atoms with van der Waals surface area (Å²) in [5.41, 5.74) is 6.49. The Morgan fingerprint density at radius 2 is 1.92 bits per heavy atom. The first-order valence-corrected chi connectivity index (χ1v) is 8.18. The van der Waals surface area contributed by atoms with Crippen molar-refractivity contribution in [3.05, 3.63) is 59.7 Å². The van der Waals surface area contributed by atoms with Gasteiger partial charge in [0.1, 0.15) is 12.8 Å². The Morgan fingerprint density at radius 3 is 2.52 bits per heavy atom. The van der Waals surface area contributed by atoms with Gasteiger partial charge >= 0.3 is 0 Å². The fourth-order valence-electron chi connectivity index (χ4n) is 3.03. The van der Waals surface area contributed by atoms with Crippen LogP contribution in [0.25, 0.3) is 0 Å². The third kappa shape index (κ3) is 4.09. The van der Waals surface area contributed by atoms with Crippen molar-refractivity contribution in [2.45, 2.75) is 26.3 Å². The standard InChI is InChI=1S/C21H24N3.Y/c1-15-14-21(2,3)24(6)20-12-9-17(13-19(15)20)22-16-7-10-18(11-8-16)23(4)5;/h7,10-14H,1-6H3;/q-1;. The monoisotopic (exact) mass is 407 g/mol. The Hall–Kier alpha value is -1.32. The SMILES string of the molecule is CC1=CC(C)(C)[N+](C)=C2C=[C-]C(=Nc3[c-]cc(N(C)C)cc3)C=C12.[Y]. The van der Waals surface area contributed by atoms with Crippen LogP contribution in [0.4, 0.5) is 11.4 Å². The van der Waals surface area contributed by atoms with Gasteiger partial charge in [-0.25, -0.2) is 0 Å². The van der Waals surface area contributed by atoms with E-state index in [2.05, 4.69) is 72.6 Å². The number of hydrogen-bond acceptors (Lipinski definition) is 2. The molecule has 0 fully saturated rings. The largest absolute Gasteiger partial charge is 0.429 e. The normalized spacial score (nSPS) is 19.8. The molecule has 0 bridgehead atoms. The summed E-state index contributed by atoms with van der Waals surface area (Å²) in [5, 5.41) is 0. The fourth-order valence-corrected chi connectivity index (χ4v) is 3.03. The van der Waals surface area contributed by atoms with Crippen LogP contribution < -0.4 is 4.90 Å². The third-order valence-electron chi connectivity index (χ3n) is 4.67. The first-order chi connectivity index (χ1) is 11.3. The minimum absolute atomic E-state index is 0. The predicted octanol–water partition coefficient (Wildman–Crippen LogP) is 3.74. The Balaban J connectivity index is 0.00000225. The van der Waals surface area contributed by atoms with Gasteiger partial charge in [0.25, 0.3) is 0 Å². The number of likely N-dealkylation sites (N-methyl/N-ethyl adjacent to an activating group) is 1. The van der Waals surface area contributed by atoms with Crippen molar-refractivity contribution in [3.63, 3.8) is 0 Å². The number of fused-ring (bicyclic) bond motifs is 1. The molecule has 0 spiro atoms. The molecular weight excluding hydrogens is 383 g/mol. The van der Waals surface area contributed by atoms with Gasteiger partial charge in [0.2, 0.25) is 0 Å². The van der Waals surface area contributed by atoms with E-state index in [1.54, 1.807) is 0 Å². The summed E-state index contributed by atoms with van der Waals surface area (Å²) in [5.74, 6) is 0. The summed E-state index contributed by atoms with van der Waals surface area (Å²) >= 11 is 0. The topological polar surface area (TPSA) is 18.6 Å². The zero-order valence-electron chi connectivity index (χ0n) is 15.9. The van der Waals surface area contributed by atoms with Crippen molar-refractivity contribution in [3.8, 4) is 0 Å². The molecule has 1 aromatic carbocycles. The maximum atomic E-state index is 4.67. The van der Waals surface area contributed by atoms with E-state index in [-0.39, 0.29) is 38.2 Å². The average molecular weight is 407 g/mol. The van der Waals surface area contributed by atoms with Crippen LogP contribution in [0.15, 0.2) is 52.6 Å². The molecule has 1 aliphatic carbocycles. The van der Waals surface area contributed by atoms with Gasteiger partial charge in [0, 0.05) is 46.6 Å². The van der Waals surface area contributed by atoms with Gasteiger partial charge in [-0.15, -0.1) is 24.3 Å². The molecule has 0 amide bonds. The molecule has 0 saturated heterocycles. The molecular formula is C21H24N3Y-. The van der Waals surface area contributed by atoms with Crippen molar-refractivity contribution in [1.29, 1.82) is 0 Å². The van der Waals surface area contributed by atoms with E-state index < -0.39 is 0 Å². The van der Waals surface area contributed by atoms with Gasteiger partial charge in [0.05, 0.1) is 0 Å². The van der Waals surface area contributed by atoms with Crippen LogP contribution in [-0.4, -0.2) is 42.7 Å². The van der Waals surface area contributed by atoms with E-state index in [1.165, 1.54) is 16.9 Å². The minimum atomic E-state index is 0. The number of allylic oxidation sites excluding steroid dienone is 5. The summed E-state index contributed by atoms with van der Waals surface area (Å²) in [6, 6.07) is 9.22. The zero-order chi connectivity index (χ0) is 17.5. The number of hydrogen-bond donors (Lipinski definition) is 0. The quantitative estimate of drug-likeness (QED) is 0.415. The van der Waals surface area contributed by atoms with Gasteiger partial charge in [-0.2, -0.15) is 18.2 Å². The number of benzene rings is 1. The van der Waals surface area contributed by atoms with Gasteiger partial charge in [-0.1, -0.05) is 28.2 Å². The second kappa shape index (κ2) is 7.51. The number of aliphatic imine (C=N–C) groups is 1. The molecule has 0 N–H and O–H groups in total. The van der Waals surface area contributed by atoms with E-state index in [1.807, 2.05) is 32.3 Å². The maximum absolute atomic E-state index is 4.67. The molecule has 0 unspecified atom stereocenters. The van der Waals surface area contributed by atoms with E-state index in [9.17, 15) is 0 Å². The minimum Gasteiger partial charge on any atom is -0.429 e. The summed E-state index contributed by atoms with van der Waals surface area (Å²) in [6.45, 7) is 6.60. The van der Waals surface area contributed by atoms with Crippen LogP contribution in [-0.2, 0) is 32.7 Å². The van der Waals surface area contributed by atoms with Gasteiger partial charge in [-0.05, 0) is 27.1 Å². The van der Waals surface area contributed by atoms with Crippen molar-refractivity contribution in [1.82, 2.24) is 0 Å². The van der Waals surface area contributed by atoms with E-state index in [0.717, 1.165) is 17.1 Å². The molecule has 0 atom stereocenters. The van der Waals surface area contributed by atoms with E-state index >= 15 is 0 Å². The smallest absolute Gasteiger partial charge is 0.164 e.